The maximum atomic E-state index is 12.9. The fourth-order valence-electron chi connectivity index (χ4n) is 3.96. The first kappa shape index (κ1) is 18.9. The van der Waals surface area contributed by atoms with Crippen LogP contribution in [0.15, 0.2) is 42.7 Å². The highest BCUT2D eigenvalue weighted by molar-refractivity contribution is 6.08. The summed E-state index contributed by atoms with van der Waals surface area (Å²) in [6, 6.07) is 8.68. The number of carbonyl (C=O) groups excluding carboxylic acids is 3. The third-order valence-corrected chi connectivity index (χ3v) is 5.46. The molecule has 2 aliphatic heterocycles. The molecule has 1 fully saturated rings. The number of nitrogens with zero attached hydrogens (tertiary/aromatic N) is 2. The number of hydrogen-bond donors (Lipinski definition) is 2. The number of aryl methyl sites for hydroxylation is 1. The van der Waals surface area contributed by atoms with Gasteiger partial charge in [0.25, 0.3) is 11.8 Å². The molecule has 8 nitrogen and oxygen atoms in total. The van der Waals surface area contributed by atoms with Crippen molar-refractivity contribution in [2.45, 2.75) is 31.3 Å². The number of methoxy groups -OCH3 is 1. The van der Waals surface area contributed by atoms with Crippen molar-refractivity contribution in [3.8, 4) is 5.75 Å². The van der Waals surface area contributed by atoms with Crippen LogP contribution in [0.1, 0.15) is 34.3 Å². The van der Waals surface area contributed by atoms with Gasteiger partial charge in [-0.05, 0) is 48.6 Å². The first-order valence-electron chi connectivity index (χ1n) is 9.49. The topological polar surface area (TPSA) is 101 Å². The molecule has 1 aromatic carbocycles. The minimum Gasteiger partial charge on any atom is -0.497 e. The molecule has 0 unspecified atom stereocenters. The van der Waals surface area contributed by atoms with Crippen molar-refractivity contribution in [3.63, 3.8) is 0 Å². The first-order valence-corrected chi connectivity index (χ1v) is 9.49. The number of aromatic nitrogens is 1. The Balaban J connectivity index is 1.50. The molecule has 0 radical (unpaired) electrons. The Morgan fingerprint density at radius 1 is 1.24 bits per heavy atom. The van der Waals surface area contributed by atoms with Crippen LogP contribution in [0, 0.1) is 0 Å². The van der Waals surface area contributed by atoms with E-state index >= 15 is 0 Å². The lowest BCUT2D eigenvalue weighted by Crippen LogP contribution is -2.55. The average molecular weight is 394 g/mol. The number of rotatable bonds is 7. The van der Waals surface area contributed by atoms with E-state index in [-0.39, 0.29) is 12.5 Å². The molecule has 4 amide bonds. The molecule has 0 bridgehead atoms. The van der Waals surface area contributed by atoms with Gasteiger partial charge in [-0.1, -0.05) is 12.1 Å². The smallest absolute Gasteiger partial charge is 0.322 e. The van der Waals surface area contributed by atoms with E-state index in [1.54, 1.807) is 30.5 Å². The van der Waals surface area contributed by atoms with Gasteiger partial charge < -0.3 is 15.0 Å². The molecule has 1 saturated heterocycles. The lowest BCUT2D eigenvalue weighted by atomic mass is 9.91. The van der Waals surface area contributed by atoms with Gasteiger partial charge in [0.05, 0.1) is 13.7 Å². The molecular weight excluding hydrogens is 372 g/mol. The Kier molecular flexibility index (Phi) is 4.92. The maximum Gasteiger partial charge on any atom is 0.322 e. The third-order valence-electron chi connectivity index (χ3n) is 5.46. The van der Waals surface area contributed by atoms with Crippen molar-refractivity contribution in [2.24, 2.45) is 0 Å². The normalized spacial score (nSPS) is 20.4. The van der Waals surface area contributed by atoms with Crippen LogP contribution in [0.3, 0.4) is 0 Å². The minimum absolute atomic E-state index is 0.118. The molecule has 0 saturated carbocycles. The highest BCUT2D eigenvalue weighted by Gasteiger charge is 2.48. The molecule has 1 aromatic heterocycles. The summed E-state index contributed by atoms with van der Waals surface area (Å²) in [5, 5.41) is 5.09. The number of pyridine rings is 1. The van der Waals surface area contributed by atoms with Crippen LogP contribution in [0.25, 0.3) is 0 Å². The van der Waals surface area contributed by atoms with Crippen LogP contribution in [-0.4, -0.2) is 46.9 Å². The van der Waals surface area contributed by atoms with E-state index in [0.717, 1.165) is 17.5 Å². The van der Waals surface area contributed by atoms with E-state index < -0.39 is 17.5 Å². The van der Waals surface area contributed by atoms with Crippen molar-refractivity contribution in [1.29, 1.82) is 0 Å². The summed E-state index contributed by atoms with van der Waals surface area (Å²) in [7, 11) is 1.55. The molecule has 3 heterocycles. The van der Waals surface area contributed by atoms with Crippen LogP contribution < -0.4 is 15.4 Å². The van der Waals surface area contributed by atoms with E-state index in [2.05, 4.69) is 15.6 Å². The highest BCUT2D eigenvalue weighted by Crippen LogP contribution is 2.30. The van der Waals surface area contributed by atoms with E-state index in [4.69, 9.17) is 4.74 Å². The molecule has 1 atom stereocenters. The van der Waals surface area contributed by atoms with Crippen molar-refractivity contribution in [2.75, 3.05) is 13.7 Å². The van der Waals surface area contributed by atoms with Gasteiger partial charge >= 0.3 is 6.03 Å². The number of carbonyl (C=O) groups is 3. The Morgan fingerprint density at radius 3 is 2.79 bits per heavy atom. The molecule has 2 aliphatic rings. The summed E-state index contributed by atoms with van der Waals surface area (Å²) < 4.78 is 5.21. The highest BCUT2D eigenvalue weighted by atomic mass is 16.5. The van der Waals surface area contributed by atoms with Crippen LogP contribution in [-0.2, 0) is 17.8 Å². The SMILES string of the molecule is COc1ccc2c(c1)C(=O)N(C[C@@]1(CCCc3cccnc3)NC(=O)NC1=O)C2. The fraction of sp³-hybridized carbons (Fsp3) is 0.333. The van der Waals surface area contributed by atoms with Crippen molar-refractivity contribution in [3.05, 3.63) is 59.4 Å². The summed E-state index contributed by atoms with van der Waals surface area (Å²) in [5.74, 6) is 0.0477. The van der Waals surface area contributed by atoms with Crippen LogP contribution in [0.5, 0.6) is 5.75 Å². The van der Waals surface area contributed by atoms with E-state index in [9.17, 15) is 14.4 Å². The third kappa shape index (κ3) is 3.65. The molecule has 150 valence electrons. The number of benzene rings is 1. The van der Waals surface area contributed by atoms with Gasteiger partial charge in [-0.2, -0.15) is 0 Å². The zero-order valence-corrected chi connectivity index (χ0v) is 16.1. The second kappa shape index (κ2) is 7.54. The van der Waals surface area contributed by atoms with Crippen molar-refractivity contribution in [1.82, 2.24) is 20.5 Å². The van der Waals surface area contributed by atoms with Gasteiger partial charge in [0.2, 0.25) is 0 Å². The zero-order chi connectivity index (χ0) is 20.4. The number of ether oxygens (including phenoxy) is 1. The van der Waals surface area contributed by atoms with Crippen molar-refractivity contribution >= 4 is 17.8 Å². The molecule has 2 aromatic rings. The van der Waals surface area contributed by atoms with E-state index in [0.29, 0.717) is 30.7 Å². The number of amides is 4. The Bertz CT molecular complexity index is 962. The monoisotopic (exact) mass is 394 g/mol. The number of imide groups is 1. The van der Waals surface area contributed by atoms with Crippen LogP contribution >= 0.6 is 0 Å². The second-order valence-electron chi connectivity index (χ2n) is 7.39. The van der Waals surface area contributed by atoms with E-state index in [1.807, 2.05) is 24.3 Å². The number of nitrogens with one attached hydrogen (secondary N) is 2. The van der Waals surface area contributed by atoms with Crippen LogP contribution in [0.4, 0.5) is 4.79 Å². The molecule has 8 heteroatoms. The number of fused-ring (bicyclic) bond motifs is 1. The Hall–Kier alpha value is -3.42. The quantitative estimate of drug-likeness (QED) is 0.696. The number of hydrogen-bond acceptors (Lipinski definition) is 5. The first-order chi connectivity index (χ1) is 14.0. The molecular formula is C21H22N4O4. The summed E-state index contributed by atoms with van der Waals surface area (Å²) in [4.78, 5) is 43.1. The van der Waals surface area contributed by atoms with Gasteiger partial charge in [0.15, 0.2) is 0 Å². The van der Waals surface area contributed by atoms with Gasteiger partial charge in [-0.25, -0.2) is 4.79 Å². The molecule has 4 rings (SSSR count). The molecule has 0 spiro atoms. The second-order valence-corrected chi connectivity index (χ2v) is 7.39. The predicted octanol–water partition coefficient (Wildman–Crippen LogP) is 1.65. The Labute approximate surface area is 168 Å². The summed E-state index contributed by atoms with van der Waals surface area (Å²) in [6.45, 7) is 0.513. The van der Waals surface area contributed by atoms with Crippen molar-refractivity contribution < 1.29 is 19.1 Å². The lowest BCUT2D eigenvalue weighted by Gasteiger charge is -2.31. The average Bonchev–Trinajstić information content (AvgIpc) is 3.18. The summed E-state index contributed by atoms with van der Waals surface area (Å²) in [6.07, 6.45) is 5.31. The molecule has 2 N–H and O–H groups in total. The standard InChI is InChI=1S/C21H22N4O4/c1-29-16-7-6-15-12-25(18(26)17(15)10-16)13-21(19(27)23-20(28)24-21)8-2-4-14-5-3-9-22-11-14/h3,5-7,9-11H,2,4,8,12-13H2,1H3,(H2,23,24,27,28)/t21-/m1/s1. The summed E-state index contributed by atoms with van der Waals surface area (Å²) >= 11 is 0. The lowest BCUT2D eigenvalue weighted by molar-refractivity contribution is -0.124. The van der Waals surface area contributed by atoms with Crippen LogP contribution in [0.2, 0.25) is 0 Å². The minimum atomic E-state index is -1.14. The van der Waals surface area contributed by atoms with E-state index in [1.165, 1.54) is 0 Å². The van der Waals surface area contributed by atoms with Gasteiger partial charge in [0, 0.05) is 24.5 Å². The maximum absolute atomic E-state index is 12.9. The Morgan fingerprint density at radius 2 is 2.10 bits per heavy atom. The number of urea groups is 1. The predicted molar refractivity (Wildman–Crippen MR) is 104 cm³/mol. The van der Waals surface area contributed by atoms with Gasteiger partial charge in [-0.15, -0.1) is 0 Å². The summed E-state index contributed by atoms with van der Waals surface area (Å²) in [5.41, 5.74) is 1.37. The molecule has 0 aliphatic carbocycles. The fourth-order valence-corrected chi connectivity index (χ4v) is 3.96. The van der Waals surface area contributed by atoms with Gasteiger partial charge in [-0.3, -0.25) is 19.9 Å². The zero-order valence-electron chi connectivity index (χ0n) is 16.1. The molecule has 29 heavy (non-hydrogen) atoms. The largest absolute Gasteiger partial charge is 0.497 e. The van der Waals surface area contributed by atoms with Gasteiger partial charge in [0.1, 0.15) is 11.3 Å².